The second kappa shape index (κ2) is 6.26. The van der Waals surface area contributed by atoms with Crippen LogP contribution in [-0.4, -0.2) is 19.6 Å². The van der Waals surface area contributed by atoms with Crippen molar-refractivity contribution in [3.63, 3.8) is 0 Å². The number of aromatic nitrogens is 4. The summed E-state index contributed by atoms with van der Waals surface area (Å²) in [6, 6.07) is 9.17. The van der Waals surface area contributed by atoms with E-state index in [1.807, 2.05) is 32.2 Å². The zero-order valence-corrected chi connectivity index (χ0v) is 13.6. The Kier molecular flexibility index (Phi) is 4.16. The Morgan fingerprint density at radius 3 is 2.57 bits per heavy atom. The molecular weight excluding hydrogens is 314 g/mol. The quantitative estimate of drug-likeness (QED) is 0.799. The SMILES string of the molecule is Cc1c(CNc2cnn(-c3ccccc3)c(=O)c2Cl)cnn1C. The van der Waals surface area contributed by atoms with E-state index >= 15 is 0 Å². The van der Waals surface area contributed by atoms with Crippen molar-refractivity contribution >= 4 is 17.3 Å². The van der Waals surface area contributed by atoms with E-state index in [4.69, 9.17) is 11.6 Å². The van der Waals surface area contributed by atoms with Gasteiger partial charge in [0.15, 0.2) is 0 Å². The van der Waals surface area contributed by atoms with Crippen molar-refractivity contribution in [1.29, 1.82) is 0 Å². The van der Waals surface area contributed by atoms with Gasteiger partial charge in [0, 0.05) is 24.8 Å². The molecule has 3 aromatic rings. The van der Waals surface area contributed by atoms with Gasteiger partial charge < -0.3 is 5.32 Å². The summed E-state index contributed by atoms with van der Waals surface area (Å²) in [6.45, 7) is 2.51. The van der Waals surface area contributed by atoms with Gasteiger partial charge in [-0.3, -0.25) is 9.48 Å². The van der Waals surface area contributed by atoms with Crippen LogP contribution in [0.15, 0.2) is 47.5 Å². The Bertz CT molecular complexity index is 885. The lowest BCUT2D eigenvalue weighted by Crippen LogP contribution is -2.22. The zero-order valence-electron chi connectivity index (χ0n) is 12.8. The Morgan fingerprint density at radius 1 is 1.17 bits per heavy atom. The van der Waals surface area contributed by atoms with Gasteiger partial charge in [-0.25, -0.2) is 0 Å². The third-order valence-corrected chi connectivity index (χ3v) is 4.09. The topological polar surface area (TPSA) is 64.7 Å². The minimum absolute atomic E-state index is 0.116. The molecule has 0 aliphatic heterocycles. The minimum atomic E-state index is -0.356. The summed E-state index contributed by atoms with van der Waals surface area (Å²) in [5, 5.41) is 11.6. The van der Waals surface area contributed by atoms with Crippen molar-refractivity contribution in [2.45, 2.75) is 13.5 Å². The van der Waals surface area contributed by atoms with Crippen molar-refractivity contribution in [2.75, 3.05) is 5.32 Å². The van der Waals surface area contributed by atoms with Crippen molar-refractivity contribution in [2.24, 2.45) is 7.05 Å². The molecule has 7 heteroatoms. The number of hydrogen-bond donors (Lipinski definition) is 1. The van der Waals surface area contributed by atoms with Crippen molar-refractivity contribution in [1.82, 2.24) is 19.6 Å². The van der Waals surface area contributed by atoms with Gasteiger partial charge in [-0.2, -0.15) is 14.9 Å². The molecule has 0 atom stereocenters. The van der Waals surface area contributed by atoms with Gasteiger partial charge in [0.1, 0.15) is 5.02 Å². The summed E-state index contributed by atoms with van der Waals surface area (Å²) in [4.78, 5) is 12.4. The lowest BCUT2D eigenvalue weighted by molar-refractivity contribution is 0.738. The number of nitrogens with one attached hydrogen (secondary N) is 1. The minimum Gasteiger partial charge on any atom is -0.378 e. The third kappa shape index (κ3) is 2.98. The van der Waals surface area contributed by atoms with Crippen molar-refractivity contribution in [3.05, 3.63) is 69.4 Å². The van der Waals surface area contributed by atoms with Crippen LogP contribution in [0.4, 0.5) is 5.69 Å². The third-order valence-electron chi connectivity index (χ3n) is 3.73. The Balaban J connectivity index is 1.86. The molecule has 0 aliphatic rings. The van der Waals surface area contributed by atoms with E-state index in [9.17, 15) is 4.79 Å². The molecule has 3 rings (SSSR count). The number of aryl methyl sites for hydroxylation is 1. The lowest BCUT2D eigenvalue weighted by atomic mass is 10.2. The van der Waals surface area contributed by atoms with Crippen LogP contribution in [0.3, 0.4) is 0 Å². The average Bonchev–Trinajstić information content (AvgIpc) is 2.89. The number of anilines is 1. The molecule has 0 amide bonds. The van der Waals surface area contributed by atoms with Crippen LogP contribution >= 0.6 is 11.6 Å². The first-order chi connectivity index (χ1) is 11.1. The normalized spacial score (nSPS) is 10.7. The van der Waals surface area contributed by atoms with Gasteiger partial charge in [-0.05, 0) is 19.1 Å². The van der Waals surface area contributed by atoms with Crippen LogP contribution in [0.2, 0.25) is 5.02 Å². The largest absolute Gasteiger partial charge is 0.378 e. The first-order valence-electron chi connectivity index (χ1n) is 7.12. The highest BCUT2D eigenvalue weighted by molar-refractivity contribution is 6.32. The smallest absolute Gasteiger partial charge is 0.292 e. The maximum absolute atomic E-state index is 12.4. The second-order valence-corrected chi connectivity index (χ2v) is 5.54. The molecular formula is C16H16ClN5O. The van der Waals surface area contributed by atoms with Crippen molar-refractivity contribution in [3.8, 4) is 5.69 Å². The Hall–Kier alpha value is -2.60. The number of para-hydroxylation sites is 1. The van der Waals surface area contributed by atoms with E-state index < -0.39 is 0 Å². The fraction of sp³-hybridized carbons (Fsp3) is 0.188. The molecule has 0 saturated heterocycles. The summed E-state index contributed by atoms with van der Waals surface area (Å²) >= 11 is 6.20. The molecule has 0 unspecified atom stereocenters. The summed E-state index contributed by atoms with van der Waals surface area (Å²) in [5.41, 5.74) is 2.92. The fourth-order valence-corrected chi connectivity index (χ4v) is 2.41. The fourth-order valence-electron chi connectivity index (χ4n) is 2.22. The average molecular weight is 330 g/mol. The summed E-state index contributed by atoms with van der Waals surface area (Å²) in [5.74, 6) is 0. The van der Waals surface area contributed by atoms with E-state index in [0.717, 1.165) is 11.3 Å². The van der Waals surface area contributed by atoms with E-state index in [0.29, 0.717) is 17.9 Å². The standard InChI is InChI=1S/C16H16ClN5O/c1-11-12(9-19-21(11)2)8-18-14-10-20-22(16(23)15(14)17)13-6-4-3-5-7-13/h3-7,9-10,18H,8H2,1-2H3. The molecule has 0 radical (unpaired) electrons. The number of benzene rings is 1. The van der Waals surface area contributed by atoms with Crippen molar-refractivity contribution < 1.29 is 0 Å². The highest BCUT2D eigenvalue weighted by atomic mass is 35.5. The summed E-state index contributed by atoms with van der Waals surface area (Å²) in [7, 11) is 1.88. The first kappa shape index (κ1) is 15.3. The number of halogens is 1. The van der Waals surface area contributed by atoms with Crippen LogP contribution in [0, 0.1) is 6.92 Å². The van der Waals surface area contributed by atoms with Crippen LogP contribution in [0.1, 0.15) is 11.3 Å². The maximum Gasteiger partial charge on any atom is 0.292 e. The molecule has 1 N–H and O–H groups in total. The van der Waals surface area contributed by atoms with Gasteiger partial charge in [0.05, 0.1) is 23.8 Å². The molecule has 0 aliphatic carbocycles. The predicted molar refractivity (Wildman–Crippen MR) is 90.1 cm³/mol. The zero-order chi connectivity index (χ0) is 16.4. The van der Waals surface area contributed by atoms with Gasteiger partial charge in [-0.15, -0.1) is 0 Å². The van der Waals surface area contributed by atoms with E-state index in [-0.39, 0.29) is 10.6 Å². The van der Waals surface area contributed by atoms with Gasteiger partial charge >= 0.3 is 0 Å². The lowest BCUT2D eigenvalue weighted by Gasteiger charge is -2.10. The summed E-state index contributed by atoms with van der Waals surface area (Å²) < 4.78 is 3.08. The molecule has 2 aromatic heterocycles. The molecule has 0 fully saturated rings. The Labute approximate surface area is 138 Å². The van der Waals surface area contributed by atoms with Crippen LogP contribution in [-0.2, 0) is 13.6 Å². The van der Waals surface area contributed by atoms with Gasteiger partial charge in [-0.1, -0.05) is 29.8 Å². The molecule has 6 nitrogen and oxygen atoms in total. The van der Waals surface area contributed by atoms with E-state index in [1.54, 1.807) is 29.2 Å². The Morgan fingerprint density at radius 2 is 1.91 bits per heavy atom. The van der Waals surface area contributed by atoms with E-state index in [1.165, 1.54) is 4.68 Å². The molecule has 0 spiro atoms. The highest BCUT2D eigenvalue weighted by Crippen LogP contribution is 2.18. The summed E-state index contributed by atoms with van der Waals surface area (Å²) in [6.07, 6.45) is 3.34. The molecule has 118 valence electrons. The van der Waals surface area contributed by atoms with Gasteiger partial charge in [0.2, 0.25) is 0 Å². The molecule has 1 aromatic carbocycles. The highest BCUT2D eigenvalue weighted by Gasteiger charge is 2.11. The predicted octanol–water partition coefficient (Wildman–Crippen LogP) is 2.54. The van der Waals surface area contributed by atoms with E-state index in [2.05, 4.69) is 15.5 Å². The van der Waals surface area contributed by atoms with Crippen LogP contribution < -0.4 is 10.9 Å². The number of rotatable bonds is 4. The first-order valence-corrected chi connectivity index (χ1v) is 7.50. The molecule has 2 heterocycles. The van der Waals surface area contributed by atoms with Gasteiger partial charge in [0.25, 0.3) is 5.56 Å². The second-order valence-electron chi connectivity index (χ2n) is 5.16. The monoisotopic (exact) mass is 329 g/mol. The number of hydrogen-bond acceptors (Lipinski definition) is 4. The molecule has 23 heavy (non-hydrogen) atoms. The van der Waals surface area contributed by atoms with Crippen LogP contribution in [0.5, 0.6) is 0 Å². The maximum atomic E-state index is 12.4. The molecule has 0 saturated carbocycles. The number of nitrogens with zero attached hydrogens (tertiary/aromatic N) is 4. The molecule has 0 bridgehead atoms. The van der Waals surface area contributed by atoms with Crippen LogP contribution in [0.25, 0.3) is 5.69 Å².